The van der Waals surface area contributed by atoms with Gasteiger partial charge in [-0.3, -0.25) is 9.55 Å². The molecule has 0 amide bonds. The first kappa shape index (κ1) is 18.6. The van der Waals surface area contributed by atoms with Crippen LogP contribution in [0.4, 0.5) is 0 Å². The highest BCUT2D eigenvalue weighted by molar-refractivity contribution is 8.00. The number of thioether (sulfide) groups is 2. The summed E-state index contributed by atoms with van der Waals surface area (Å²) in [6.45, 7) is 0. The molecule has 5 aromatic rings. The quantitative estimate of drug-likeness (QED) is 0.277. The van der Waals surface area contributed by atoms with Gasteiger partial charge < -0.3 is 4.42 Å². The van der Waals surface area contributed by atoms with E-state index in [1.165, 1.54) is 0 Å². The molecule has 31 heavy (non-hydrogen) atoms. The van der Waals surface area contributed by atoms with Crippen molar-refractivity contribution >= 4 is 34.4 Å². The summed E-state index contributed by atoms with van der Waals surface area (Å²) in [4.78, 5) is 13.7. The number of para-hydroxylation sites is 1. The van der Waals surface area contributed by atoms with Crippen molar-refractivity contribution in [1.29, 1.82) is 0 Å². The average Bonchev–Trinajstić information content (AvgIpc) is 3.56. The first-order valence-corrected chi connectivity index (χ1v) is 11.8. The first-order valence-electron chi connectivity index (χ1n) is 9.78. The van der Waals surface area contributed by atoms with Crippen molar-refractivity contribution in [2.75, 3.05) is 11.5 Å². The van der Waals surface area contributed by atoms with Gasteiger partial charge in [0.2, 0.25) is 0 Å². The predicted octanol–water partition coefficient (Wildman–Crippen LogP) is 4.98. The zero-order valence-corrected chi connectivity index (χ0v) is 17.9. The summed E-state index contributed by atoms with van der Waals surface area (Å²) in [6.07, 6.45) is 5.24. The van der Waals surface area contributed by atoms with E-state index in [1.54, 1.807) is 36.0 Å². The molecule has 9 heteroatoms. The topological polar surface area (TPSA) is 82.5 Å². The van der Waals surface area contributed by atoms with Gasteiger partial charge in [-0.05, 0) is 30.3 Å². The summed E-state index contributed by atoms with van der Waals surface area (Å²) in [5.41, 5.74) is 1.89. The molecule has 1 aliphatic rings. The molecule has 0 spiro atoms. The number of nitrogens with zero attached hydrogens (tertiary/aromatic N) is 6. The van der Waals surface area contributed by atoms with E-state index in [9.17, 15) is 0 Å². The molecule has 6 rings (SSSR count). The molecule has 0 aliphatic carbocycles. The van der Waals surface area contributed by atoms with Crippen LogP contribution in [0.15, 0.2) is 81.8 Å². The molecule has 5 heterocycles. The van der Waals surface area contributed by atoms with Crippen molar-refractivity contribution in [2.24, 2.45) is 0 Å². The Kier molecular flexibility index (Phi) is 4.69. The van der Waals surface area contributed by atoms with Gasteiger partial charge >= 0.3 is 0 Å². The van der Waals surface area contributed by atoms with Crippen LogP contribution in [0.1, 0.15) is 6.04 Å². The standard InChI is InChI=1S/C22H16N6OS2/c1-2-7-17-16(6-1)21(25-19(24-17)18-8-4-10-29-18)30-12-15-13-31-22-27-26-20(28(15)22)14-5-3-9-23-11-14/h1-11,15H,12-13H2. The molecule has 1 atom stereocenters. The Morgan fingerprint density at radius 1 is 1.06 bits per heavy atom. The van der Waals surface area contributed by atoms with Gasteiger partial charge in [-0.2, -0.15) is 0 Å². The second-order valence-corrected chi connectivity index (χ2v) is 9.04. The lowest BCUT2D eigenvalue weighted by atomic mass is 10.2. The zero-order valence-electron chi connectivity index (χ0n) is 16.3. The summed E-state index contributed by atoms with van der Waals surface area (Å²) in [7, 11) is 0. The van der Waals surface area contributed by atoms with E-state index >= 15 is 0 Å². The second-order valence-electron chi connectivity index (χ2n) is 7.04. The van der Waals surface area contributed by atoms with Gasteiger partial charge in [0.25, 0.3) is 0 Å². The third-order valence-electron chi connectivity index (χ3n) is 5.08. The third-order valence-corrected chi connectivity index (χ3v) is 7.30. The van der Waals surface area contributed by atoms with E-state index in [0.29, 0.717) is 11.6 Å². The van der Waals surface area contributed by atoms with Crippen molar-refractivity contribution in [2.45, 2.75) is 16.2 Å². The summed E-state index contributed by atoms with van der Waals surface area (Å²) in [6, 6.07) is 16.0. The van der Waals surface area contributed by atoms with E-state index in [1.807, 2.05) is 48.7 Å². The van der Waals surface area contributed by atoms with Crippen LogP contribution in [0, 0.1) is 0 Å². The maximum atomic E-state index is 5.54. The molecule has 1 aliphatic heterocycles. The van der Waals surface area contributed by atoms with Crippen LogP contribution in [0.2, 0.25) is 0 Å². The Morgan fingerprint density at radius 3 is 2.90 bits per heavy atom. The fraction of sp³-hybridized carbons (Fsp3) is 0.136. The van der Waals surface area contributed by atoms with E-state index in [0.717, 1.165) is 44.0 Å². The molecule has 152 valence electrons. The molecule has 1 unspecified atom stereocenters. The fourth-order valence-corrected chi connectivity index (χ4v) is 5.94. The van der Waals surface area contributed by atoms with Gasteiger partial charge in [-0.15, -0.1) is 22.0 Å². The maximum absolute atomic E-state index is 5.54. The summed E-state index contributed by atoms with van der Waals surface area (Å²) in [5, 5.41) is 11.7. The van der Waals surface area contributed by atoms with Gasteiger partial charge in [0.1, 0.15) is 5.03 Å². The van der Waals surface area contributed by atoms with Crippen LogP contribution < -0.4 is 0 Å². The van der Waals surface area contributed by atoms with Crippen molar-refractivity contribution in [3.63, 3.8) is 0 Å². The number of fused-ring (bicyclic) bond motifs is 2. The van der Waals surface area contributed by atoms with Crippen LogP contribution in [0.5, 0.6) is 0 Å². The van der Waals surface area contributed by atoms with Crippen molar-refractivity contribution < 1.29 is 4.42 Å². The normalized spacial score (nSPS) is 15.4. The molecule has 4 aromatic heterocycles. The lowest BCUT2D eigenvalue weighted by Crippen LogP contribution is -2.11. The highest BCUT2D eigenvalue weighted by Gasteiger charge is 2.29. The van der Waals surface area contributed by atoms with Crippen LogP contribution in [0.3, 0.4) is 0 Å². The number of hydrogen-bond acceptors (Lipinski definition) is 8. The molecular formula is C22H16N6OS2. The highest BCUT2D eigenvalue weighted by atomic mass is 32.2. The number of aromatic nitrogens is 6. The summed E-state index contributed by atoms with van der Waals surface area (Å²) < 4.78 is 7.77. The molecular weight excluding hydrogens is 428 g/mol. The molecule has 0 radical (unpaired) electrons. The van der Waals surface area contributed by atoms with E-state index < -0.39 is 0 Å². The molecule has 0 bridgehead atoms. The van der Waals surface area contributed by atoms with Gasteiger partial charge in [0.15, 0.2) is 22.6 Å². The molecule has 0 N–H and O–H groups in total. The van der Waals surface area contributed by atoms with Crippen molar-refractivity contribution in [1.82, 2.24) is 29.7 Å². The third kappa shape index (κ3) is 3.39. The van der Waals surface area contributed by atoms with Gasteiger partial charge in [-0.1, -0.05) is 30.0 Å². The van der Waals surface area contributed by atoms with E-state index in [2.05, 4.69) is 30.8 Å². The number of hydrogen-bond donors (Lipinski definition) is 0. The van der Waals surface area contributed by atoms with E-state index in [4.69, 9.17) is 9.40 Å². The Morgan fingerprint density at radius 2 is 2.03 bits per heavy atom. The first-order chi connectivity index (χ1) is 15.4. The Balaban J connectivity index is 1.33. The van der Waals surface area contributed by atoms with Gasteiger partial charge in [0, 0.05) is 34.8 Å². The van der Waals surface area contributed by atoms with Crippen LogP contribution in [0.25, 0.3) is 33.9 Å². The number of rotatable bonds is 5. The molecule has 0 saturated heterocycles. The van der Waals surface area contributed by atoms with Crippen LogP contribution in [-0.2, 0) is 0 Å². The largest absolute Gasteiger partial charge is 0.461 e. The zero-order chi connectivity index (χ0) is 20.6. The van der Waals surface area contributed by atoms with Crippen LogP contribution >= 0.6 is 23.5 Å². The fourth-order valence-electron chi connectivity index (χ4n) is 3.61. The lowest BCUT2D eigenvalue weighted by molar-refractivity contribution is 0.577. The molecule has 1 aromatic carbocycles. The maximum Gasteiger partial charge on any atom is 0.197 e. The highest BCUT2D eigenvalue weighted by Crippen LogP contribution is 2.39. The van der Waals surface area contributed by atoms with Crippen LogP contribution in [-0.4, -0.2) is 41.2 Å². The average molecular weight is 445 g/mol. The van der Waals surface area contributed by atoms with Gasteiger partial charge in [0.05, 0.1) is 17.8 Å². The molecule has 0 saturated carbocycles. The van der Waals surface area contributed by atoms with E-state index in [-0.39, 0.29) is 6.04 Å². The Labute approximate surface area is 186 Å². The minimum Gasteiger partial charge on any atom is -0.461 e. The van der Waals surface area contributed by atoms with Crippen molar-refractivity contribution in [3.05, 3.63) is 67.2 Å². The summed E-state index contributed by atoms with van der Waals surface area (Å²) in [5.74, 6) is 3.95. The smallest absolute Gasteiger partial charge is 0.197 e. The summed E-state index contributed by atoms with van der Waals surface area (Å²) >= 11 is 3.47. The molecule has 7 nitrogen and oxygen atoms in total. The van der Waals surface area contributed by atoms with Gasteiger partial charge in [-0.25, -0.2) is 9.97 Å². The Hall–Kier alpha value is -3.17. The number of pyridine rings is 1. The minimum atomic E-state index is 0.260. The minimum absolute atomic E-state index is 0.260. The SMILES string of the molecule is c1cncc(-c2nnc3n2C(CSc2nc(-c4ccco4)nc4ccccc24)CS3)c1. The lowest BCUT2D eigenvalue weighted by Gasteiger charge is -2.15. The predicted molar refractivity (Wildman–Crippen MR) is 121 cm³/mol. The number of benzene rings is 1. The second kappa shape index (κ2) is 7.82. The van der Waals surface area contributed by atoms with Crippen molar-refractivity contribution in [3.8, 4) is 23.0 Å². The molecule has 0 fully saturated rings. The number of furan rings is 1. The monoisotopic (exact) mass is 444 g/mol. The Bertz CT molecular complexity index is 1350.